The topological polar surface area (TPSA) is 41.6 Å². The van der Waals surface area contributed by atoms with Crippen LogP contribution in [0.3, 0.4) is 0 Å². The number of ether oxygens (including phenoxy) is 1. The molecule has 1 amide bonds. The lowest BCUT2D eigenvalue weighted by molar-refractivity contribution is 0.00902. The Kier molecular flexibility index (Phi) is 5.25. The average Bonchev–Trinajstić information content (AvgIpc) is 2.37. The first-order valence-corrected chi connectivity index (χ1v) is 7.88. The zero-order chi connectivity index (χ0) is 15.5. The quantitative estimate of drug-likeness (QED) is 0.797. The van der Waals surface area contributed by atoms with Gasteiger partial charge in [-0.1, -0.05) is 12.2 Å². The van der Waals surface area contributed by atoms with Crippen LogP contribution >= 0.6 is 0 Å². The summed E-state index contributed by atoms with van der Waals surface area (Å²) in [5.74, 6) is 0. The minimum Gasteiger partial charge on any atom is -0.444 e. The molecule has 0 aromatic carbocycles. The van der Waals surface area contributed by atoms with Crippen LogP contribution in [0.4, 0.5) is 9.18 Å². The minimum atomic E-state index is -0.990. The molecule has 0 radical (unpaired) electrons. The number of likely N-dealkylation sites (tertiary alicyclic amines) is 1. The van der Waals surface area contributed by atoms with E-state index in [0.29, 0.717) is 19.0 Å². The van der Waals surface area contributed by atoms with Crippen molar-refractivity contribution in [3.8, 4) is 0 Å². The highest BCUT2D eigenvalue weighted by molar-refractivity contribution is 5.68. The molecule has 4 nitrogen and oxygen atoms in total. The molecule has 0 saturated carbocycles. The second-order valence-corrected chi connectivity index (χ2v) is 7.05. The summed E-state index contributed by atoms with van der Waals surface area (Å²) >= 11 is 0. The Hall–Kier alpha value is -1.10. The number of carbonyl (C=O) groups is 1. The van der Waals surface area contributed by atoms with Gasteiger partial charge in [0.2, 0.25) is 0 Å². The Morgan fingerprint density at radius 2 is 2.14 bits per heavy atom. The minimum absolute atomic E-state index is 0.00554. The van der Waals surface area contributed by atoms with Crippen molar-refractivity contribution in [3.63, 3.8) is 0 Å². The van der Waals surface area contributed by atoms with Gasteiger partial charge >= 0.3 is 6.09 Å². The number of nitrogens with one attached hydrogen (secondary N) is 1. The molecule has 1 saturated heterocycles. The van der Waals surface area contributed by atoms with Crippen molar-refractivity contribution in [1.82, 2.24) is 10.2 Å². The third-order valence-electron chi connectivity index (χ3n) is 3.76. The van der Waals surface area contributed by atoms with Crippen molar-refractivity contribution >= 4 is 6.09 Å². The zero-order valence-electron chi connectivity index (χ0n) is 13.3. The molecule has 120 valence electrons. The Morgan fingerprint density at radius 1 is 1.38 bits per heavy atom. The van der Waals surface area contributed by atoms with Crippen molar-refractivity contribution in [3.05, 3.63) is 12.2 Å². The van der Waals surface area contributed by atoms with E-state index in [1.165, 1.54) is 4.90 Å². The molecule has 0 aromatic heterocycles. The highest BCUT2D eigenvalue weighted by Gasteiger charge is 2.33. The average molecular weight is 298 g/mol. The van der Waals surface area contributed by atoms with Gasteiger partial charge in [-0.2, -0.15) is 0 Å². The molecule has 1 fully saturated rings. The van der Waals surface area contributed by atoms with Gasteiger partial charge in [-0.3, -0.25) is 0 Å². The maximum absolute atomic E-state index is 13.9. The summed E-state index contributed by atoms with van der Waals surface area (Å²) in [6.45, 7) is 6.12. The van der Waals surface area contributed by atoms with Crippen molar-refractivity contribution in [1.29, 1.82) is 0 Å². The number of allylic oxidation sites excluding steroid dienone is 1. The largest absolute Gasteiger partial charge is 0.444 e. The second kappa shape index (κ2) is 6.77. The molecule has 0 bridgehead atoms. The second-order valence-electron chi connectivity index (χ2n) is 7.05. The molecule has 3 atom stereocenters. The van der Waals surface area contributed by atoms with Crippen LogP contribution in [0.15, 0.2) is 12.2 Å². The molecule has 0 aromatic rings. The number of alkyl halides is 1. The van der Waals surface area contributed by atoms with E-state index in [9.17, 15) is 9.18 Å². The summed E-state index contributed by atoms with van der Waals surface area (Å²) in [7, 11) is 0. The van der Waals surface area contributed by atoms with Crippen LogP contribution in [0.25, 0.3) is 0 Å². The lowest BCUT2D eigenvalue weighted by Crippen LogP contribution is -2.54. The SMILES string of the molecule is CC(C)(C)OC(=O)N1C[C@@H](F)C[C@H](NC2C=CCCC2)C1. The number of halogens is 1. The van der Waals surface area contributed by atoms with Crippen LogP contribution in [0.1, 0.15) is 46.5 Å². The van der Waals surface area contributed by atoms with Gasteiger partial charge in [0.05, 0.1) is 6.54 Å². The molecule has 2 rings (SSSR count). The summed E-state index contributed by atoms with van der Waals surface area (Å²) < 4.78 is 19.3. The van der Waals surface area contributed by atoms with Gasteiger partial charge in [0.1, 0.15) is 11.8 Å². The standard InChI is InChI=1S/C16H27FN2O2/c1-16(2,3)21-15(20)19-10-12(17)9-14(11-19)18-13-7-5-4-6-8-13/h5,7,12-14,18H,4,6,8-11H2,1-3H3/t12-,13?,14-/m0/s1. The van der Waals surface area contributed by atoms with Crippen LogP contribution in [0.2, 0.25) is 0 Å². The number of piperidine rings is 1. The highest BCUT2D eigenvalue weighted by Crippen LogP contribution is 2.19. The van der Waals surface area contributed by atoms with E-state index in [0.717, 1.165) is 19.3 Å². The normalized spacial score (nSPS) is 30.3. The number of carbonyl (C=O) groups excluding carboxylic acids is 1. The summed E-state index contributed by atoms with van der Waals surface area (Å²) in [5.41, 5.74) is -0.546. The maximum atomic E-state index is 13.9. The predicted molar refractivity (Wildman–Crippen MR) is 81.0 cm³/mol. The number of nitrogens with zero attached hydrogens (tertiary/aromatic N) is 1. The van der Waals surface area contributed by atoms with Gasteiger partial charge in [0, 0.05) is 18.6 Å². The number of rotatable bonds is 2. The van der Waals surface area contributed by atoms with Gasteiger partial charge in [-0.15, -0.1) is 0 Å². The number of hydrogen-bond donors (Lipinski definition) is 1. The summed E-state index contributed by atoms with van der Waals surface area (Å²) in [4.78, 5) is 13.6. The zero-order valence-corrected chi connectivity index (χ0v) is 13.3. The maximum Gasteiger partial charge on any atom is 0.410 e. The summed E-state index contributed by atoms with van der Waals surface area (Å²) in [6.07, 6.45) is 6.74. The molecular formula is C16H27FN2O2. The number of amides is 1. The first-order valence-electron chi connectivity index (χ1n) is 7.88. The summed E-state index contributed by atoms with van der Waals surface area (Å²) in [6, 6.07) is 0.295. The van der Waals surface area contributed by atoms with Crippen LogP contribution in [-0.4, -0.2) is 47.9 Å². The van der Waals surface area contributed by atoms with Crippen LogP contribution in [-0.2, 0) is 4.74 Å². The molecule has 1 unspecified atom stereocenters. The van der Waals surface area contributed by atoms with Gasteiger partial charge in [0.15, 0.2) is 0 Å². The first kappa shape index (κ1) is 16.3. The Balaban J connectivity index is 1.90. The molecule has 5 heteroatoms. The Bertz CT molecular complexity index is 392. The van der Waals surface area contributed by atoms with Crippen LogP contribution in [0, 0.1) is 0 Å². The lowest BCUT2D eigenvalue weighted by atomic mass is 9.99. The van der Waals surface area contributed by atoms with E-state index < -0.39 is 17.9 Å². The van der Waals surface area contributed by atoms with E-state index in [-0.39, 0.29) is 12.6 Å². The van der Waals surface area contributed by atoms with Gasteiger partial charge in [-0.05, 0) is 46.5 Å². The molecule has 1 aliphatic heterocycles. The Labute approximate surface area is 126 Å². The van der Waals surface area contributed by atoms with E-state index in [4.69, 9.17) is 4.74 Å². The van der Waals surface area contributed by atoms with E-state index in [1.54, 1.807) is 0 Å². The predicted octanol–water partition coefficient (Wildman–Crippen LogP) is 3.03. The van der Waals surface area contributed by atoms with Crippen molar-refractivity contribution < 1.29 is 13.9 Å². The fourth-order valence-electron chi connectivity index (χ4n) is 2.89. The highest BCUT2D eigenvalue weighted by atomic mass is 19.1. The first-order chi connectivity index (χ1) is 9.83. The summed E-state index contributed by atoms with van der Waals surface area (Å²) in [5, 5.41) is 3.46. The van der Waals surface area contributed by atoms with Crippen LogP contribution in [0.5, 0.6) is 0 Å². The van der Waals surface area contributed by atoms with Gasteiger partial charge in [-0.25, -0.2) is 9.18 Å². The number of hydrogen-bond acceptors (Lipinski definition) is 3. The van der Waals surface area contributed by atoms with Crippen LogP contribution < -0.4 is 5.32 Å². The fraction of sp³-hybridized carbons (Fsp3) is 0.812. The molecule has 0 spiro atoms. The van der Waals surface area contributed by atoms with Crippen molar-refractivity contribution in [2.75, 3.05) is 13.1 Å². The molecule has 2 aliphatic rings. The molecule has 1 heterocycles. The molecular weight excluding hydrogens is 271 g/mol. The molecule has 1 N–H and O–H groups in total. The van der Waals surface area contributed by atoms with E-state index in [1.807, 2.05) is 20.8 Å². The third-order valence-corrected chi connectivity index (χ3v) is 3.76. The monoisotopic (exact) mass is 298 g/mol. The Morgan fingerprint density at radius 3 is 2.76 bits per heavy atom. The smallest absolute Gasteiger partial charge is 0.410 e. The van der Waals surface area contributed by atoms with E-state index >= 15 is 0 Å². The van der Waals surface area contributed by atoms with Gasteiger partial charge in [0.25, 0.3) is 0 Å². The van der Waals surface area contributed by atoms with Gasteiger partial charge < -0.3 is 15.0 Å². The van der Waals surface area contributed by atoms with E-state index in [2.05, 4.69) is 17.5 Å². The third kappa shape index (κ3) is 5.30. The molecule has 21 heavy (non-hydrogen) atoms. The van der Waals surface area contributed by atoms with Crippen molar-refractivity contribution in [2.45, 2.75) is 70.3 Å². The fourth-order valence-corrected chi connectivity index (χ4v) is 2.89. The van der Waals surface area contributed by atoms with Crippen molar-refractivity contribution in [2.24, 2.45) is 0 Å². The lowest BCUT2D eigenvalue weighted by Gasteiger charge is -2.37. The molecule has 1 aliphatic carbocycles.